The van der Waals surface area contributed by atoms with E-state index < -0.39 is 0 Å². The normalized spacial score (nSPS) is 10.1. The third kappa shape index (κ3) is 4.16. The van der Waals surface area contributed by atoms with Gasteiger partial charge in [-0.3, -0.25) is 4.79 Å². The Labute approximate surface area is 119 Å². The number of rotatable bonds is 6. The fourth-order valence-electron chi connectivity index (χ4n) is 1.49. The summed E-state index contributed by atoms with van der Waals surface area (Å²) < 4.78 is 0. The quantitative estimate of drug-likeness (QED) is 0.804. The van der Waals surface area contributed by atoms with Crippen molar-refractivity contribution in [3.05, 3.63) is 45.9 Å². The van der Waals surface area contributed by atoms with Gasteiger partial charge in [0.05, 0.1) is 5.56 Å². The molecule has 4 nitrogen and oxygen atoms in total. The molecule has 2 aromatic rings. The van der Waals surface area contributed by atoms with Crippen LogP contribution in [0, 0.1) is 11.3 Å². The number of hydrogen-bond acceptors (Lipinski definition) is 4. The number of nitrogens with zero attached hydrogens (tertiary/aromatic N) is 1. The summed E-state index contributed by atoms with van der Waals surface area (Å²) in [6.45, 7) is 0.621. The van der Waals surface area contributed by atoms with E-state index in [-0.39, 0.29) is 5.91 Å². The monoisotopic (exact) mass is 291 g/mol. The second-order valence-corrected chi connectivity index (χ2v) is 5.94. The molecule has 0 aliphatic rings. The highest BCUT2D eigenvalue weighted by Gasteiger charge is 2.07. The molecule has 0 aliphatic heterocycles. The predicted molar refractivity (Wildman–Crippen MR) is 78.3 cm³/mol. The van der Waals surface area contributed by atoms with Crippen molar-refractivity contribution in [3.63, 3.8) is 0 Å². The van der Waals surface area contributed by atoms with Gasteiger partial charge < -0.3 is 10.3 Å². The number of H-pyrrole nitrogens is 1. The van der Waals surface area contributed by atoms with E-state index in [9.17, 15) is 4.79 Å². The van der Waals surface area contributed by atoms with E-state index in [0.717, 1.165) is 11.5 Å². The summed E-state index contributed by atoms with van der Waals surface area (Å²) in [5.41, 5.74) is 0.900. The molecular formula is C13H13N3OS2. The average Bonchev–Trinajstić information content (AvgIpc) is 3.09. The number of aromatic amines is 1. The Morgan fingerprint density at radius 1 is 1.58 bits per heavy atom. The van der Waals surface area contributed by atoms with Crippen molar-refractivity contribution < 1.29 is 4.79 Å². The summed E-state index contributed by atoms with van der Waals surface area (Å²) in [5.74, 6) is 1.68. The van der Waals surface area contributed by atoms with Crippen LogP contribution in [-0.2, 0) is 5.75 Å². The average molecular weight is 291 g/mol. The van der Waals surface area contributed by atoms with Gasteiger partial charge in [0.2, 0.25) is 0 Å². The van der Waals surface area contributed by atoms with Crippen molar-refractivity contribution >= 4 is 29.0 Å². The van der Waals surface area contributed by atoms with Crippen LogP contribution < -0.4 is 5.32 Å². The maximum atomic E-state index is 11.7. The Morgan fingerprint density at radius 3 is 3.16 bits per heavy atom. The first-order valence-electron chi connectivity index (χ1n) is 5.76. The largest absolute Gasteiger partial charge is 0.356 e. The Morgan fingerprint density at radius 2 is 2.47 bits per heavy atom. The number of nitrogens with one attached hydrogen (secondary N) is 2. The van der Waals surface area contributed by atoms with Gasteiger partial charge in [-0.05, 0) is 17.5 Å². The number of nitriles is 1. The standard InChI is InChI=1S/C13H13N3OS2/c14-7-10-6-12(16-8-10)13(17)15-3-5-18-9-11-2-1-4-19-11/h1-2,4,6,8,16H,3,5,9H2,(H,15,17). The molecule has 19 heavy (non-hydrogen) atoms. The van der Waals surface area contributed by atoms with Crippen molar-refractivity contribution in [1.29, 1.82) is 5.26 Å². The zero-order valence-electron chi connectivity index (χ0n) is 10.2. The molecule has 0 bridgehead atoms. The Kier molecular flexibility index (Phi) is 5.07. The number of aromatic nitrogens is 1. The molecule has 0 saturated heterocycles. The minimum Gasteiger partial charge on any atom is -0.356 e. The van der Waals surface area contributed by atoms with Crippen LogP contribution in [0.3, 0.4) is 0 Å². The van der Waals surface area contributed by atoms with Gasteiger partial charge in [0, 0.05) is 29.1 Å². The number of thioether (sulfide) groups is 1. The molecule has 0 aromatic carbocycles. The molecule has 0 fully saturated rings. The Balaban J connectivity index is 1.65. The molecule has 0 radical (unpaired) electrons. The molecule has 2 aromatic heterocycles. The highest BCUT2D eigenvalue weighted by Crippen LogP contribution is 2.16. The lowest BCUT2D eigenvalue weighted by Crippen LogP contribution is -2.25. The van der Waals surface area contributed by atoms with Crippen LogP contribution >= 0.6 is 23.1 Å². The summed E-state index contributed by atoms with van der Waals surface area (Å²) in [5, 5.41) is 13.5. The number of hydrogen-bond donors (Lipinski definition) is 2. The topological polar surface area (TPSA) is 68.7 Å². The van der Waals surface area contributed by atoms with E-state index in [4.69, 9.17) is 5.26 Å². The second kappa shape index (κ2) is 7.02. The minimum atomic E-state index is -0.168. The van der Waals surface area contributed by atoms with Crippen molar-refractivity contribution in [2.45, 2.75) is 5.75 Å². The second-order valence-electron chi connectivity index (χ2n) is 3.80. The van der Waals surface area contributed by atoms with Gasteiger partial charge >= 0.3 is 0 Å². The fourth-order valence-corrected chi connectivity index (χ4v) is 3.19. The third-order valence-electron chi connectivity index (χ3n) is 2.41. The first-order valence-corrected chi connectivity index (χ1v) is 7.80. The zero-order chi connectivity index (χ0) is 13.5. The van der Waals surface area contributed by atoms with E-state index in [1.54, 1.807) is 29.2 Å². The van der Waals surface area contributed by atoms with Crippen LogP contribution in [0.1, 0.15) is 20.9 Å². The number of amides is 1. The van der Waals surface area contributed by atoms with Crippen LogP contribution in [0.2, 0.25) is 0 Å². The molecule has 0 unspecified atom stereocenters. The molecular weight excluding hydrogens is 278 g/mol. The molecule has 2 heterocycles. The van der Waals surface area contributed by atoms with Crippen LogP contribution in [-0.4, -0.2) is 23.2 Å². The lowest BCUT2D eigenvalue weighted by atomic mass is 10.3. The van der Waals surface area contributed by atoms with E-state index in [1.165, 1.54) is 11.1 Å². The summed E-state index contributed by atoms with van der Waals surface area (Å²) >= 11 is 3.54. The zero-order valence-corrected chi connectivity index (χ0v) is 11.8. The first-order chi connectivity index (χ1) is 9.29. The number of thiophene rings is 1. The molecule has 2 N–H and O–H groups in total. The molecule has 0 aliphatic carbocycles. The van der Waals surface area contributed by atoms with Crippen molar-refractivity contribution in [2.75, 3.05) is 12.3 Å². The summed E-state index contributed by atoms with van der Waals surface area (Å²) in [4.78, 5) is 15.8. The van der Waals surface area contributed by atoms with Crippen molar-refractivity contribution in [2.24, 2.45) is 0 Å². The van der Waals surface area contributed by atoms with E-state index in [1.807, 2.05) is 12.1 Å². The predicted octanol–water partition coefficient (Wildman–Crippen LogP) is 2.61. The van der Waals surface area contributed by atoms with Gasteiger partial charge in [0.25, 0.3) is 5.91 Å². The highest BCUT2D eigenvalue weighted by atomic mass is 32.2. The molecule has 0 atom stereocenters. The van der Waals surface area contributed by atoms with Gasteiger partial charge in [-0.25, -0.2) is 0 Å². The van der Waals surface area contributed by atoms with Crippen molar-refractivity contribution in [1.82, 2.24) is 10.3 Å². The van der Waals surface area contributed by atoms with E-state index in [2.05, 4.69) is 21.7 Å². The Bertz CT molecular complexity index is 569. The maximum absolute atomic E-state index is 11.7. The molecule has 0 saturated carbocycles. The molecule has 1 amide bonds. The van der Waals surface area contributed by atoms with Gasteiger partial charge in [0.1, 0.15) is 11.8 Å². The van der Waals surface area contributed by atoms with E-state index >= 15 is 0 Å². The third-order valence-corrected chi connectivity index (χ3v) is 4.48. The van der Waals surface area contributed by atoms with Gasteiger partial charge in [-0.2, -0.15) is 17.0 Å². The summed E-state index contributed by atoms with van der Waals surface area (Å²) in [6.07, 6.45) is 1.53. The van der Waals surface area contributed by atoms with Crippen molar-refractivity contribution in [3.8, 4) is 6.07 Å². The number of carbonyl (C=O) groups excluding carboxylic acids is 1. The first kappa shape index (κ1) is 13.7. The number of carbonyl (C=O) groups is 1. The van der Waals surface area contributed by atoms with Crippen LogP contribution in [0.15, 0.2) is 29.8 Å². The maximum Gasteiger partial charge on any atom is 0.267 e. The minimum absolute atomic E-state index is 0.168. The SMILES string of the molecule is N#Cc1c[nH]c(C(=O)NCCSCc2cccs2)c1. The van der Waals surface area contributed by atoms with Gasteiger partial charge in [-0.1, -0.05) is 6.07 Å². The molecule has 6 heteroatoms. The lowest BCUT2D eigenvalue weighted by molar-refractivity contribution is 0.0952. The molecule has 98 valence electrons. The van der Waals surface area contributed by atoms with Crippen LogP contribution in [0.5, 0.6) is 0 Å². The highest BCUT2D eigenvalue weighted by molar-refractivity contribution is 7.98. The molecule has 0 spiro atoms. The van der Waals surface area contributed by atoms with E-state index in [0.29, 0.717) is 17.8 Å². The Hall–Kier alpha value is -1.71. The molecule has 2 rings (SSSR count). The fraction of sp³-hybridized carbons (Fsp3) is 0.231. The lowest BCUT2D eigenvalue weighted by Gasteiger charge is -2.03. The smallest absolute Gasteiger partial charge is 0.267 e. The van der Waals surface area contributed by atoms with Gasteiger partial charge in [-0.15, -0.1) is 11.3 Å². The summed E-state index contributed by atoms with van der Waals surface area (Å²) in [7, 11) is 0. The summed E-state index contributed by atoms with van der Waals surface area (Å²) in [6, 6.07) is 7.68. The van der Waals surface area contributed by atoms with Gasteiger partial charge in [0.15, 0.2) is 0 Å². The van der Waals surface area contributed by atoms with Crippen LogP contribution in [0.25, 0.3) is 0 Å². The van der Waals surface area contributed by atoms with Crippen LogP contribution in [0.4, 0.5) is 0 Å².